The van der Waals surface area contributed by atoms with Gasteiger partial charge in [-0.1, -0.05) is 35.9 Å². The van der Waals surface area contributed by atoms with Crippen LogP contribution in [0.15, 0.2) is 48.5 Å². The van der Waals surface area contributed by atoms with Gasteiger partial charge < -0.3 is 15.0 Å². The summed E-state index contributed by atoms with van der Waals surface area (Å²) in [4.78, 5) is 30.4. The molecular weight excluding hydrogens is 458 g/mol. The molecule has 0 aliphatic carbocycles. The van der Waals surface area contributed by atoms with Gasteiger partial charge in [0.15, 0.2) is 0 Å². The first-order valence-corrected chi connectivity index (χ1v) is 13.0. The zero-order chi connectivity index (χ0) is 23.6. The summed E-state index contributed by atoms with van der Waals surface area (Å²) in [6.45, 7) is 3.90. The van der Waals surface area contributed by atoms with Crippen molar-refractivity contribution < 1.29 is 14.3 Å². The fourth-order valence-corrected chi connectivity index (χ4v) is 4.63. The minimum Gasteiger partial charge on any atom is -0.497 e. The second-order valence-electron chi connectivity index (χ2n) is 8.09. The molecular formula is C25H32ClN3O3S. The van der Waals surface area contributed by atoms with Gasteiger partial charge in [0.2, 0.25) is 5.91 Å². The molecule has 1 unspecified atom stereocenters. The number of halogens is 1. The van der Waals surface area contributed by atoms with Crippen LogP contribution in [0.3, 0.4) is 0 Å². The quantitative estimate of drug-likeness (QED) is 0.578. The summed E-state index contributed by atoms with van der Waals surface area (Å²) >= 11 is 7.85. The van der Waals surface area contributed by atoms with Crippen molar-refractivity contribution in [2.45, 2.75) is 25.4 Å². The highest BCUT2D eigenvalue weighted by atomic mass is 35.5. The summed E-state index contributed by atoms with van der Waals surface area (Å²) in [5, 5.41) is 3.32. The number of amides is 2. The van der Waals surface area contributed by atoms with Gasteiger partial charge in [-0.15, -0.1) is 0 Å². The largest absolute Gasteiger partial charge is 0.497 e. The molecule has 1 fully saturated rings. The molecule has 0 bridgehead atoms. The Bertz CT molecular complexity index is 925. The van der Waals surface area contributed by atoms with Crippen molar-refractivity contribution >= 4 is 35.2 Å². The predicted molar refractivity (Wildman–Crippen MR) is 135 cm³/mol. The number of carbonyl (C=O) groups excluding carboxylic acids is 2. The van der Waals surface area contributed by atoms with Crippen LogP contribution >= 0.6 is 23.4 Å². The molecule has 1 N–H and O–H groups in total. The normalized spacial score (nSPS) is 15.5. The Morgan fingerprint density at radius 1 is 1.09 bits per heavy atom. The average Bonchev–Trinajstić information content (AvgIpc) is 3.07. The van der Waals surface area contributed by atoms with Crippen LogP contribution in [0.4, 0.5) is 0 Å². The third-order valence-electron chi connectivity index (χ3n) is 5.80. The van der Waals surface area contributed by atoms with Gasteiger partial charge in [-0.25, -0.2) is 0 Å². The number of thioether (sulfide) groups is 1. The first-order chi connectivity index (χ1) is 16.0. The average molecular weight is 490 g/mol. The molecule has 0 spiro atoms. The molecule has 0 aromatic heterocycles. The minimum atomic E-state index is -0.561. The van der Waals surface area contributed by atoms with E-state index in [4.69, 9.17) is 16.3 Å². The number of rotatable bonds is 9. The number of benzene rings is 2. The maximum atomic E-state index is 13.4. The smallest absolute Gasteiger partial charge is 0.253 e. The topological polar surface area (TPSA) is 61.9 Å². The van der Waals surface area contributed by atoms with Gasteiger partial charge in [-0.3, -0.25) is 14.5 Å². The van der Waals surface area contributed by atoms with Crippen molar-refractivity contribution in [2.75, 3.05) is 45.3 Å². The fraction of sp³-hybridized carbons (Fsp3) is 0.440. The number of carbonyl (C=O) groups is 2. The summed E-state index contributed by atoms with van der Waals surface area (Å²) in [6, 6.07) is 14.5. The number of hydrogen-bond acceptors (Lipinski definition) is 5. The van der Waals surface area contributed by atoms with Crippen LogP contribution in [-0.4, -0.2) is 73.0 Å². The number of ether oxygens (including phenoxy) is 1. The van der Waals surface area contributed by atoms with E-state index in [2.05, 4.69) is 22.3 Å². The number of methoxy groups -OCH3 is 1. The highest BCUT2D eigenvalue weighted by molar-refractivity contribution is 7.98. The lowest BCUT2D eigenvalue weighted by atomic mass is 10.1. The molecule has 0 saturated carbocycles. The summed E-state index contributed by atoms with van der Waals surface area (Å²) in [6.07, 6.45) is 3.48. The molecule has 33 heavy (non-hydrogen) atoms. The van der Waals surface area contributed by atoms with Crippen LogP contribution in [0.2, 0.25) is 5.02 Å². The number of nitrogens with zero attached hydrogens (tertiary/aromatic N) is 2. The van der Waals surface area contributed by atoms with E-state index >= 15 is 0 Å². The van der Waals surface area contributed by atoms with Crippen LogP contribution in [-0.2, 0) is 11.3 Å². The number of hydrogen-bond donors (Lipinski definition) is 1. The molecule has 3 rings (SSSR count). The second-order valence-corrected chi connectivity index (χ2v) is 9.48. The van der Waals surface area contributed by atoms with E-state index in [1.807, 2.05) is 23.3 Å². The van der Waals surface area contributed by atoms with Gasteiger partial charge in [0, 0.05) is 32.7 Å². The van der Waals surface area contributed by atoms with E-state index in [0.717, 1.165) is 37.6 Å². The Kier molecular flexibility index (Phi) is 9.91. The summed E-state index contributed by atoms with van der Waals surface area (Å²) in [5.74, 6) is 1.31. The lowest BCUT2D eigenvalue weighted by molar-refractivity contribution is -0.133. The molecule has 1 atom stereocenters. The molecule has 1 aliphatic rings. The van der Waals surface area contributed by atoms with Crippen molar-refractivity contribution in [3.8, 4) is 5.75 Å². The zero-order valence-electron chi connectivity index (χ0n) is 19.3. The van der Waals surface area contributed by atoms with Crippen LogP contribution in [0.5, 0.6) is 5.75 Å². The Balaban J connectivity index is 1.61. The van der Waals surface area contributed by atoms with Crippen molar-refractivity contribution in [2.24, 2.45) is 0 Å². The van der Waals surface area contributed by atoms with E-state index in [1.54, 1.807) is 43.1 Å². The van der Waals surface area contributed by atoms with E-state index < -0.39 is 6.04 Å². The molecule has 2 amide bonds. The fourth-order valence-electron chi connectivity index (χ4n) is 3.93. The third kappa shape index (κ3) is 7.39. The van der Waals surface area contributed by atoms with Crippen LogP contribution < -0.4 is 10.1 Å². The molecule has 2 aromatic rings. The highest BCUT2D eigenvalue weighted by Gasteiger charge is 2.28. The maximum absolute atomic E-state index is 13.4. The molecule has 2 aromatic carbocycles. The van der Waals surface area contributed by atoms with Gasteiger partial charge in [-0.2, -0.15) is 11.8 Å². The Labute approximate surface area is 205 Å². The van der Waals surface area contributed by atoms with Gasteiger partial charge in [0.05, 0.1) is 17.7 Å². The van der Waals surface area contributed by atoms with Gasteiger partial charge >= 0.3 is 0 Å². The van der Waals surface area contributed by atoms with Crippen LogP contribution in [0.1, 0.15) is 28.8 Å². The van der Waals surface area contributed by atoms with Gasteiger partial charge in [0.1, 0.15) is 11.8 Å². The predicted octanol–water partition coefficient (Wildman–Crippen LogP) is 3.93. The number of nitrogens with one attached hydrogen (secondary N) is 1. The maximum Gasteiger partial charge on any atom is 0.253 e. The Morgan fingerprint density at radius 3 is 2.55 bits per heavy atom. The standard InChI is InChI=1S/C25H32ClN3O3S/c1-32-20-10-8-19(9-11-20)18-28-13-5-14-29(16-15-28)25(31)23(12-17-33-2)27-24(30)21-6-3-4-7-22(21)26/h3-4,6-11,23H,5,12-18H2,1-2H3,(H,27,30). The lowest BCUT2D eigenvalue weighted by Crippen LogP contribution is -2.49. The highest BCUT2D eigenvalue weighted by Crippen LogP contribution is 2.17. The first kappa shape index (κ1) is 25.4. The molecule has 1 heterocycles. The summed E-state index contributed by atoms with van der Waals surface area (Å²) in [7, 11) is 1.67. The minimum absolute atomic E-state index is 0.0178. The molecule has 1 saturated heterocycles. The van der Waals surface area contributed by atoms with Crippen molar-refractivity contribution in [1.29, 1.82) is 0 Å². The second kappa shape index (κ2) is 12.9. The van der Waals surface area contributed by atoms with Crippen LogP contribution in [0.25, 0.3) is 0 Å². The Hall–Kier alpha value is -2.22. The molecule has 8 heteroatoms. The monoisotopic (exact) mass is 489 g/mol. The third-order valence-corrected chi connectivity index (χ3v) is 6.77. The van der Waals surface area contributed by atoms with Crippen molar-refractivity contribution in [3.63, 3.8) is 0 Å². The van der Waals surface area contributed by atoms with E-state index in [-0.39, 0.29) is 11.8 Å². The van der Waals surface area contributed by atoms with E-state index in [0.29, 0.717) is 30.1 Å². The Morgan fingerprint density at radius 2 is 1.85 bits per heavy atom. The molecule has 178 valence electrons. The first-order valence-electron chi connectivity index (χ1n) is 11.2. The van der Waals surface area contributed by atoms with Gasteiger partial charge in [-0.05, 0) is 54.7 Å². The van der Waals surface area contributed by atoms with E-state index in [9.17, 15) is 9.59 Å². The van der Waals surface area contributed by atoms with Crippen molar-refractivity contribution in [1.82, 2.24) is 15.1 Å². The SMILES string of the molecule is COc1ccc(CN2CCCN(C(=O)C(CCSC)NC(=O)c3ccccc3Cl)CC2)cc1. The van der Waals surface area contributed by atoms with Crippen molar-refractivity contribution in [3.05, 3.63) is 64.7 Å². The van der Waals surface area contributed by atoms with Crippen LogP contribution in [0, 0.1) is 0 Å². The summed E-state index contributed by atoms with van der Waals surface area (Å²) < 4.78 is 5.24. The summed E-state index contributed by atoms with van der Waals surface area (Å²) in [5.41, 5.74) is 1.61. The van der Waals surface area contributed by atoms with E-state index in [1.165, 1.54) is 5.56 Å². The zero-order valence-corrected chi connectivity index (χ0v) is 20.8. The lowest BCUT2D eigenvalue weighted by Gasteiger charge is -2.27. The van der Waals surface area contributed by atoms with Gasteiger partial charge in [0.25, 0.3) is 5.91 Å². The molecule has 6 nitrogen and oxygen atoms in total. The molecule has 1 aliphatic heterocycles. The molecule has 0 radical (unpaired) electrons.